The predicted octanol–water partition coefficient (Wildman–Crippen LogP) is 1.04. The average molecular weight is 204 g/mol. The molecule has 1 aliphatic rings. The van der Waals surface area contributed by atoms with Gasteiger partial charge in [0.1, 0.15) is 16.1 Å². The summed E-state index contributed by atoms with van der Waals surface area (Å²) in [6.07, 6.45) is 6.31. The Balaban J connectivity index is 2.56. The molecule has 0 aliphatic heterocycles. The molecule has 1 fully saturated rings. The van der Waals surface area contributed by atoms with Gasteiger partial charge in [0.2, 0.25) is 0 Å². The van der Waals surface area contributed by atoms with Crippen LogP contribution in [0.15, 0.2) is 0 Å². The summed E-state index contributed by atoms with van der Waals surface area (Å²) < 4.78 is 22.0. The van der Waals surface area contributed by atoms with Crippen LogP contribution in [0.3, 0.4) is 0 Å². The molecule has 0 radical (unpaired) electrons. The highest BCUT2D eigenvalue weighted by Gasteiger charge is 2.27. The molecule has 13 heavy (non-hydrogen) atoms. The SMILES string of the molecule is CS(=O)(=O)C[C@H](C=O)C1CCCC1. The summed E-state index contributed by atoms with van der Waals surface area (Å²) in [6.45, 7) is 0. The van der Waals surface area contributed by atoms with E-state index < -0.39 is 9.84 Å². The zero-order chi connectivity index (χ0) is 9.90. The van der Waals surface area contributed by atoms with E-state index in [1.54, 1.807) is 0 Å². The monoisotopic (exact) mass is 204 g/mol. The van der Waals surface area contributed by atoms with E-state index in [0.29, 0.717) is 5.92 Å². The molecule has 0 amide bonds. The molecule has 0 bridgehead atoms. The van der Waals surface area contributed by atoms with Crippen LogP contribution in [0.4, 0.5) is 0 Å². The van der Waals surface area contributed by atoms with Crippen LogP contribution in [-0.2, 0) is 14.6 Å². The van der Waals surface area contributed by atoms with E-state index in [0.717, 1.165) is 32.0 Å². The van der Waals surface area contributed by atoms with Gasteiger partial charge in [-0.3, -0.25) is 0 Å². The molecule has 4 heteroatoms. The average Bonchev–Trinajstić information content (AvgIpc) is 2.50. The topological polar surface area (TPSA) is 51.2 Å². The second kappa shape index (κ2) is 4.22. The van der Waals surface area contributed by atoms with E-state index in [4.69, 9.17) is 0 Å². The van der Waals surface area contributed by atoms with Crippen LogP contribution in [0.25, 0.3) is 0 Å². The summed E-state index contributed by atoms with van der Waals surface area (Å²) >= 11 is 0. The van der Waals surface area contributed by atoms with Gasteiger partial charge < -0.3 is 4.79 Å². The lowest BCUT2D eigenvalue weighted by atomic mass is 9.94. The first-order valence-electron chi connectivity index (χ1n) is 4.66. The van der Waals surface area contributed by atoms with Gasteiger partial charge >= 0.3 is 0 Å². The van der Waals surface area contributed by atoms with Crippen molar-refractivity contribution >= 4 is 16.1 Å². The lowest BCUT2D eigenvalue weighted by Crippen LogP contribution is -2.22. The second-order valence-electron chi connectivity index (χ2n) is 3.94. The summed E-state index contributed by atoms with van der Waals surface area (Å²) in [4.78, 5) is 10.7. The van der Waals surface area contributed by atoms with Crippen molar-refractivity contribution in [1.82, 2.24) is 0 Å². The third-order valence-electron chi connectivity index (χ3n) is 2.68. The van der Waals surface area contributed by atoms with Gasteiger partial charge in [0.15, 0.2) is 0 Å². The van der Waals surface area contributed by atoms with Gasteiger partial charge in [0, 0.05) is 12.2 Å². The molecule has 0 unspecified atom stereocenters. The Morgan fingerprint density at radius 1 is 1.38 bits per heavy atom. The van der Waals surface area contributed by atoms with Crippen molar-refractivity contribution in [3.63, 3.8) is 0 Å². The minimum absolute atomic E-state index is 0.0289. The first-order chi connectivity index (χ1) is 6.03. The fourth-order valence-corrected chi connectivity index (χ4v) is 3.07. The van der Waals surface area contributed by atoms with Crippen molar-refractivity contribution in [3.8, 4) is 0 Å². The van der Waals surface area contributed by atoms with Gasteiger partial charge in [-0.05, 0) is 18.8 Å². The minimum Gasteiger partial charge on any atom is -0.303 e. The standard InChI is InChI=1S/C9H16O3S/c1-13(11,12)7-9(6-10)8-4-2-3-5-8/h6,8-9H,2-5,7H2,1H3/t9-/m0/s1. The lowest BCUT2D eigenvalue weighted by molar-refractivity contribution is -0.111. The molecule has 1 atom stereocenters. The largest absolute Gasteiger partial charge is 0.303 e. The fraction of sp³-hybridized carbons (Fsp3) is 0.889. The second-order valence-corrected chi connectivity index (χ2v) is 6.12. The van der Waals surface area contributed by atoms with Crippen LogP contribution in [0, 0.1) is 11.8 Å². The molecule has 3 nitrogen and oxygen atoms in total. The lowest BCUT2D eigenvalue weighted by Gasteiger charge is -2.15. The summed E-state index contributed by atoms with van der Waals surface area (Å²) in [6, 6.07) is 0. The highest BCUT2D eigenvalue weighted by Crippen LogP contribution is 2.30. The van der Waals surface area contributed by atoms with Crippen molar-refractivity contribution < 1.29 is 13.2 Å². The van der Waals surface area contributed by atoms with E-state index in [-0.39, 0.29) is 11.7 Å². The van der Waals surface area contributed by atoms with Crippen LogP contribution in [0.2, 0.25) is 0 Å². The molecular formula is C9H16O3S. The van der Waals surface area contributed by atoms with Gasteiger partial charge in [0.05, 0.1) is 5.75 Å². The quantitative estimate of drug-likeness (QED) is 0.643. The number of rotatable bonds is 4. The molecular weight excluding hydrogens is 188 g/mol. The number of hydrogen-bond donors (Lipinski definition) is 0. The molecule has 0 N–H and O–H groups in total. The highest BCUT2D eigenvalue weighted by atomic mass is 32.2. The summed E-state index contributed by atoms with van der Waals surface area (Å²) in [5, 5.41) is 0. The highest BCUT2D eigenvalue weighted by molar-refractivity contribution is 7.90. The van der Waals surface area contributed by atoms with Crippen molar-refractivity contribution in [2.45, 2.75) is 25.7 Å². The molecule has 0 aromatic rings. The summed E-state index contributed by atoms with van der Waals surface area (Å²) in [7, 11) is -3.00. The van der Waals surface area contributed by atoms with Crippen LogP contribution < -0.4 is 0 Å². The molecule has 0 heterocycles. The van der Waals surface area contributed by atoms with E-state index in [9.17, 15) is 13.2 Å². The van der Waals surface area contributed by atoms with Crippen molar-refractivity contribution in [2.75, 3.05) is 12.0 Å². The predicted molar refractivity (Wildman–Crippen MR) is 51.2 cm³/mol. The maximum absolute atomic E-state index is 11.0. The fourth-order valence-electron chi connectivity index (χ4n) is 2.02. The van der Waals surface area contributed by atoms with E-state index in [1.807, 2.05) is 0 Å². The number of carbonyl (C=O) groups is 1. The number of sulfone groups is 1. The van der Waals surface area contributed by atoms with Crippen molar-refractivity contribution in [1.29, 1.82) is 0 Å². The van der Waals surface area contributed by atoms with Gasteiger partial charge in [-0.25, -0.2) is 8.42 Å². The molecule has 76 valence electrons. The zero-order valence-electron chi connectivity index (χ0n) is 7.90. The number of carbonyl (C=O) groups excluding carboxylic acids is 1. The molecule has 0 spiro atoms. The van der Waals surface area contributed by atoms with E-state index in [1.165, 1.54) is 6.26 Å². The van der Waals surface area contributed by atoms with E-state index >= 15 is 0 Å². The molecule has 0 aromatic carbocycles. The zero-order valence-corrected chi connectivity index (χ0v) is 8.72. The Kier molecular flexibility index (Phi) is 3.47. The Morgan fingerprint density at radius 3 is 2.31 bits per heavy atom. The normalized spacial score (nSPS) is 21.6. The van der Waals surface area contributed by atoms with Crippen LogP contribution in [0.5, 0.6) is 0 Å². The van der Waals surface area contributed by atoms with Gasteiger partial charge in [-0.1, -0.05) is 12.8 Å². The third kappa shape index (κ3) is 3.46. The van der Waals surface area contributed by atoms with Crippen molar-refractivity contribution in [3.05, 3.63) is 0 Å². The Hall–Kier alpha value is -0.380. The Labute approximate surface area is 79.4 Å². The maximum atomic E-state index is 11.0. The summed E-state index contributed by atoms with van der Waals surface area (Å²) in [5.41, 5.74) is 0. The van der Waals surface area contributed by atoms with Crippen molar-refractivity contribution in [2.24, 2.45) is 11.8 Å². The molecule has 0 aromatic heterocycles. The van der Waals surface area contributed by atoms with Crippen LogP contribution >= 0.6 is 0 Å². The minimum atomic E-state index is -3.00. The van der Waals surface area contributed by atoms with Gasteiger partial charge in [-0.15, -0.1) is 0 Å². The summed E-state index contributed by atoms with van der Waals surface area (Å²) in [5.74, 6) is 0.0750. The maximum Gasteiger partial charge on any atom is 0.148 e. The van der Waals surface area contributed by atoms with Gasteiger partial charge in [-0.2, -0.15) is 0 Å². The molecule has 0 saturated heterocycles. The van der Waals surface area contributed by atoms with Gasteiger partial charge in [0.25, 0.3) is 0 Å². The first kappa shape index (κ1) is 10.7. The Morgan fingerprint density at radius 2 is 1.92 bits per heavy atom. The molecule has 1 aliphatic carbocycles. The Bertz CT molecular complexity index is 263. The van der Waals surface area contributed by atoms with Crippen LogP contribution in [-0.4, -0.2) is 26.7 Å². The molecule has 1 saturated carbocycles. The third-order valence-corrected chi connectivity index (χ3v) is 3.67. The smallest absolute Gasteiger partial charge is 0.148 e. The number of aldehydes is 1. The first-order valence-corrected chi connectivity index (χ1v) is 6.72. The number of hydrogen-bond acceptors (Lipinski definition) is 3. The van der Waals surface area contributed by atoms with E-state index in [2.05, 4.69) is 0 Å². The van der Waals surface area contributed by atoms with Crippen LogP contribution in [0.1, 0.15) is 25.7 Å². The molecule has 1 rings (SSSR count).